The summed E-state index contributed by atoms with van der Waals surface area (Å²) in [4.78, 5) is 13.9. The number of carbonyl (C=O) groups is 1. The van der Waals surface area contributed by atoms with Crippen molar-refractivity contribution in [2.75, 3.05) is 29.9 Å². The number of hydrogen-bond acceptors (Lipinski definition) is 2. The van der Waals surface area contributed by atoms with Crippen LogP contribution in [0.25, 0.3) is 0 Å². The molecule has 1 aliphatic rings. The van der Waals surface area contributed by atoms with E-state index in [1.807, 2.05) is 0 Å². The van der Waals surface area contributed by atoms with E-state index in [1.54, 1.807) is 12.1 Å². The van der Waals surface area contributed by atoms with Gasteiger partial charge in [-0.15, -0.1) is 6.58 Å². The van der Waals surface area contributed by atoms with Crippen LogP contribution in [0.2, 0.25) is 0 Å². The van der Waals surface area contributed by atoms with Crippen molar-refractivity contribution in [1.82, 2.24) is 5.32 Å². The zero-order valence-electron chi connectivity index (χ0n) is 11.5. The van der Waals surface area contributed by atoms with E-state index in [-0.39, 0.29) is 11.8 Å². The van der Waals surface area contributed by atoms with Gasteiger partial charge in [0.2, 0.25) is 0 Å². The molecule has 5 heteroatoms. The van der Waals surface area contributed by atoms with Gasteiger partial charge in [0, 0.05) is 19.6 Å². The molecule has 1 heterocycles. The van der Waals surface area contributed by atoms with Gasteiger partial charge in [0.25, 0.3) is 0 Å². The van der Waals surface area contributed by atoms with Gasteiger partial charge in [-0.3, -0.25) is 0 Å². The normalized spacial score (nSPS) is 14.8. The molecule has 0 spiro atoms. The molecular weight excluding hydrogens is 257 g/mol. The SMILES string of the molecule is C=CCNC(=O)Nc1cc(F)ccc1N1CCCCC1. The third-order valence-electron chi connectivity index (χ3n) is 3.31. The lowest BCUT2D eigenvalue weighted by Gasteiger charge is -2.30. The van der Waals surface area contributed by atoms with Crippen molar-refractivity contribution in [3.63, 3.8) is 0 Å². The first-order valence-electron chi connectivity index (χ1n) is 6.91. The largest absolute Gasteiger partial charge is 0.370 e. The van der Waals surface area contributed by atoms with Crippen LogP contribution in [0.4, 0.5) is 20.6 Å². The fraction of sp³-hybridized carbons (Fsp3) is 0.400. The lowest BCUT2D eigenvalue weighted by molar-refractivity contribution is 0.253. The number of amides is 2. The summed E-state index contributed by atoms with van der Waals surface area (Å²) < 4.78 is 13.4. The van der Waals surface area contributed by atoms with E-state index in [2.05, 4.69) is 22.1 Å². The van der Waals surface area contributed by atoms with Crippen molar-refractivity contribution < 1.29 is 9.18 Å². The lowest BCUT2D eigenvalue weighted by Crippen LogP contribution is -2.32. The van der Waals surface area contributed by atoms with Crippen LogP contribution in [-0.2, 0) is 0 Å². The van der Waals surface area contributed by atoms with Gasteiger partial charge in [0.15, 0.2) is 0 Å². The third-order valence-corrected chi connectivity index (χ3v) is 3.31. The maximum atomic E-state index is 13.4. The second kappa shape index (κ2) is 6.93. The summed E-state index contributed by atoms with van der Waals surface area (Å²) >= 11 is 0. The Morgan fingerprint density at radius 1 is 1.35 bits per heavy atom. The number of nitrogens with one attached hydrogen (secondary N) is 2. The highest BCUT2D eigenvalue weighted by Crippen LogP contribution is 2.29. The molecular formula is C15H20FN3O. The van der Waals surface area contributed by atoms with E-state index in [4.69, 9.17) is 0 Å². The van der Waals surface area contributed by atoms with Crippen molar-refractivity contribution in [3.8, 4) is 0 Å². The summed E-state index contributed by atoms with van der Waals surface area (Å²) in [6.45, 7) is 5.79. The molecule has 1 saturated heterocycles. The summed E-state index contributed by atoms with van der Waals surface area (Å²) in [6, 6.07) is 4.16. The molecule has 1 fully saturated rings. The third kappa shape index (κ3) is 3.73. The van der Waals surface area contributed by atoms with Gasteiger partial charge in [-0.25, -0.2) is 9.18 Å². The van der Waals surface area contributed by atoms with E-state index in [0.717, 1.165) is 31.6 Å². The first-order valence-corrected chi connectivity index (χ1v) is 6.91. The van der Waals surface area contributed by atoms with Crippen LogP contribution in [0.5, 0.6) is 0 Å². The van der Waals surface area contributed by atoms with Crippen LogP contribution in [0, 0.1) is 5.82 Å². The molecule has 1 aromatic carbocycles. The number of carbonyl (C=O) groups excluding carboxylic acids is 1. The molecule has 0 unspecified atom stereocenters. The maximum absolute atomic E-state index is 13.4. The lowest BCUT2D eigenvalue weighted by atomic mass is 10.1. The molecule has 0 aromatic heterocycles. The Morgan fingerprint density at radius 3 is 2.80 bits per heavy atom. The summed E-state index contributed by atoms with van der Waals surface area (Å²) in [5, 5.41) is 5.33. The minimum atomic E-state index is -0.357. The van der Waals surface area contributed by atoms with E-state index < -0.39 is 0 Å². The number of piperidine rings is 1. The Morgan fingerprint density at radius 2 is 2.10 bits per heavy atom. The number of rotatable bonds is 4. The molecule has 20 heavy (non-hydrogen) atoms. The summed E-state index contributed by atoms with van der Waals surface area (Å²) in [7, 11) is 0. The van der Waals surface area contributed by atoms with Gasteiger partial charge < -0.3 is 15.5 Å². The topological polar surface area (TPSA) is 44.4 Å². The van der Waals surface area contributed by atoms with Gasteiger partial charge in [0.05, 0.1) is 11.4 Å². The van der Waals surface area contributed by atoms with Crippen molar-refractivity contribution >= 4 is 17.4 Å². The summed E-state index contributed by atoms with van der Waals surface area (Å²) in [5.41, 5.74) is 1.38. The molecule has 2 N–H and O–H groups in total. The Balaban J connectivity index is 2.14. The predicted molar refractivity (Wildman–Crippen MR) is 79.7 cm³/mol. The van der Waals surface area contributed by atoms with Crippen LogP contribution in [0.3, 0.4) is 0 Å². The molecule has 4 nitrogen and oxygen atoms in total. The van der Waals surface area contributed by atoms with Crippen LogP contribution in [-0.4, -0.2) is 25.7 Å². The van der Waals surface area contributed by atoms with Gasteiger partial charge in [-0.1, -0.05) is 6.08 Å². The summed E-state index contributed by atoms with van der Waals surface area (Å²) in [6.07, 6.45) is 5.07. The predicted octanol–water partition coefficient (Wildman–Crippen LogP) is 3.12. The van der Waals surface area contributed by atoms with Gasteiger partial charge >= 0.3 is 6.03 Å². The number of nitrogens with zero attached hydrogens (tertiary/aromatic N) is 1. The van der Waals surface area contributed by atoms with E-state index in [1.165, 1.54) is 18.6 Å². The molecule has 0 saturated carbocycles. The molecule has 0 aliphatic carbocycles. The highest BCUT2D eigenvalue weighted by Gasteiger charge is 2.16. The van der Waals surface area contributed by atoms with Gasteiger partial charge in [-0.2, -0.15) is 0 Å². The second-order valence-corrected chi connectivity index (χ2v) is 4.83. The van der Waals surface area contributed by atoms with Gasteiger partial charge in [-0.05, 0) is 37.5 Å². The molecule has 0 atom stereocenters. The molecule has 0 bridgehead atoms. The van der Waals surface area contributed by atoms with E-state index >= 15 is 0 Å². The van der Waals surface area contributed by atoms with Crippen molar-refractivity contribution in [3.05, 3.63) is 36.7 Å². The minimum Gasteiger partial charge on any atom is -0.370 e. The molecule has 1 aromatic rings. The zero-order valence-corrected chi connectivity index (χ0v) is 11.5. The highest BCUT2D eigenvalue weighted by molar-refractivity contribution is 5.93. The number of urea groups is 1. The fourth-order valence-electron chi connectivity index (χ4n) is 2.35. The molecule has 2 rings (SSSR count). The number of benzene rings is 1. The highest BCUT2D eigenvalue weighted by atomic mass is 19.1. The fourth-order valence-corrected chi connectivity index (χ4v) is 2.35. The van der Waals surface area contributed by atoms with Crippen molar-refractivity contribution in [1.29, 1.82) is 0 Å². The van der Waals surface area contributed by atoms with Crippen molar-refractivity contribution in [2.45, 2.75) is 19.3 Å². The van der Waals surface area contributed by atoms with E-state index in [0.29, 0.717) is 12.2 Å². The Kier molecular flexibility index (Phi) is 4.98. The first kappa shape index (κ1) is 14.4. The smallest absolute Gasteiger partial charge is 0.319 e. The zero-order chi connectivity index (χ0) is 14.4. The van der Waals surface area contributed by atoms with Crippen LogP contribution >= 0.6 is 0 Å². The molecule has 108 valence electrons. The average Bonchev–Trinajstić information content (AvgIpc) is 2.46. The number of halogens is 1. The maximum Gasteiger partial charge on any atom is 0.319 e. The Hall–Kier alpha value is -2.04. The number of hydrogen-bond donors (Lipinski definition) is 2. The summed E-state index contributed by atoms with van der Waals surface area (Å²) in [5.74, 6) is -0.357. The van der Waals surface area contributed by atoms with E-state index in [9.17, 15) is 9.18 Å². The molecule has 0 radical (unpaired) electrons. The quantitative estimate of drug-likeness (QED) is 0.830. The molecule has 2 amide bonds. The standard InChI is InChI=1S/C15H20FN3O/c1-2-8-17-15(20)18-13-11-12(16)6-7-14(13)19-9-4-3-5-10-19/h2,6-7,11H,1,3-5,8-10H2,(H2,17,18,20). The van der Waals surface area contributed by atoms with Crippen LogP contribution < -0.4 is 15.5 Å². The van der Waals surface area contributed by atoms with Gasteiger partial charge in [0.1, 0.15) is 5.82 Å². The minimum absolute atomic E-state index is 0.353. The molecule has 1 aliphatic heterocycles. The first-order chi connectivity index (χ1) is 9.70. The monoisotopic (exact) mass is 277 g/mol. The average molecular weight is 277 g/mol. The Bertz CT molecular complexity index is 484. The van der Waals surface area contributed by atoms with Crippen LogP contribution in [0.1, 0.15) is 19.3 Å². The number of anilines is 2. The van der Waals surface area contributed by atoms with Crippen molar-refractivity contribution in [2.24, 2.45) is 0 Å². The second-order valence-electron chi connectivity index (χ2n) is 4.83. The van der Waals surface area contributed by atoms with Crippen LogP contribution in [0.15, 0.2) is 30.9 Å². The Labute approximate surface area is 118 Å².